The molecular formula is C8H13NO5. The van der Waals surface area contributed by atoms with Gasteiger partial charge in [0.25, 0.3) is 5.78 Å². The van der Waals surface area contributed by atoms with Gasteiger partial charge in [-0.15, -0.1) is 0 Å². The van der Waals surface area contributed by atoms with Gasteiger partial charge in [0.1, 0.15) is 6.04 Å². The first-order valence-electron chi connectivity index (χ1n) is 4.08. The van der Waals surface area contributed by atoms with E-state index in [0.717, 1.165) is 0 Å². The quantitative estimate of drug-likeness (QED) is 0.495. The zero-order valence-electron chi connectivity index (χ0n) is 7.98. The van der Waals surface area contributed by atoms with Gasteiger partial charge in [0.2, 0.25) is 0 Å². The van der Waals surface area contributed by atoms with Crippen LogP contribution in [0.15, 0.2) is 0 Å². The summed E-state index contributed by atoms with van der Waals surface area (Å²) < 4.78 is 0. The highest BCUT2D eigenvalue weighted by Crippen LogP contribution is 2.00. The van der Waals surface area contributed by atoms with E-state index in [1.54, 1.807) is 13.8 Å². The van der Waals surface area contributed by atoms with Crippen molar-refractivity contribution in [2.24, 2.45) is 5.92 Å². The second-order valence-electron chi connectivity index (χ2n) is 3.17. The summed E-state index contributed by atoms with van der Waals surface area (Å²) in [7, 11) is 0. The summed E-state index contributed by atoms with van der Waals surface area (Å²) in [4.78, 5) is 31.4. The zero-order chi connectivity index (χ0) is 11.3. The Bertz CT molecular complexity index is 248. The molecule has 3 N–H and O–H groups in total. The molecular weight excluding hydrogens is 190 g/mol. The van der Waals surface area contributed by atoms with Crippen LogP contribution in [0.4, 0.5) is 0 Å². The van der Waals surface area contributed by atoms with Crippen LogP contribution in [0.2, 0.25) is 0 Å². The van der Waals surface area contributed by atoms with Crippen LogP contribution in [0.3, 0.4) is 0 Å². The van der Waals surface area contributed by atoms with Crippen molar-refractivity contribution in [3.8, 4) is 0 Å². The second-order valence-corrected chi connectivity index (χ2v) is 3.17. The molecule has 0 aliphatic carbocycles. The zero-order valence-corrected chi connectivity index (χ0v) is 7.98. The number of ketones is 1. The first-order valence-corrected chi connectivity index (χ1v) is 4.08. The van der Waals surface area contributed by atoms with Gasteiger partial charge >= 0.3 is 11.9 Å². The van der Waals surface area contributed by atoms with Gasteiger partial charge in [0.15, 0.2) is 0 Å². The Morgan fingerprint density at radius 1 is 1.21 bits per heavy atom. The number of nitrogens with one attached hydrogen (secondary N) is 1. The van der Waals surface area contributed by atoms with Gasteiger partial charge in [-0.2, -0.15) is 0 Å². The fraction of sp³-hybridized carbons (Fsp3) is 0.625. The van der Waals surface area contributed by atoms with Crippen LogP contribution in [0.5, 0.6) is 0 Å². The van der Waals surface area contributed by atoms with Crippen LogP contribution < -0.4 is 5.32 Å². The number of rotatable bonds is 6. The number of carboxylic acid groups (broad SMARTS) is 2. The Labute approximate surface area is 80.9 Å². The van der Waals surface area contributed by atoms with Gasteiger partial charge in [0.05, 0.1) is 6.54 Å². The lowest BCUT2D eigenvalue weighted by Crippen LogP contribution is -2.44. The Kier molecular flexibility index (Phi) is 4.79. The van der Waals surface area contributed by atoms with Crippen LogP contribution in [0, 0.1) is 5.92 Å². The molecule has 0 bridgehead atoms. The molecule has 6 heteroatoms. The molecule has 0 spiro atoms. The summed E-state index contributed by atoms with van der Waals surface area (Å²) in [5.41, 5.74) is 0. The van der Waals surface area contributed by atoms with Gasteiger partial charge in [-0.25, -0.2) is 4.79 Å². The Hall–Kier alpha value is -1.43. The number of carbonyl (C=O) groups excluding carboxylic acids is 1. The lowest BCUT2D eigenvalue weighted by molar-refractivity contribution is -0.149. The highest BCUT2D eigenvalue weighted by molar-refractivity contribution is 6.33. The molecule has 0 radical (unpaired) electrons. The van der Waals surface area contributed by atoms with Crippen molar-refractivity contribution in [3.05, 3.63) is 0 Å². The lowest BCUT2D eigenvalue weighted by atomic mass is 10.0. The minimum Gasteiger partial charge on any atom is -0.480 e. The highest BCUT2D eigenvalue weighted by atomic mass is 16.4. The molecule has 0 saturated carbocycles. The number of hydrogen-bond donors (Lipinski definition) is 3. The molecule has 0 aliphatic heterocycles. The summed E-state index contributed by atoms with van der Waals surface area (Å²) in [5.74, 6) is -3.92. The molecule has 0 aromatic rings. The molecule has 6 nitrogen and oxygen atoms in total. The maximum Gasteiger partial charge on any atom is 0.373 e. The third-order valence-corrected chi connectivity index (χ3v) is 1.65. The van der Waals surface area contributed by atoms with Crippen LogP contribution in [-0.4, -0.2) is 40.5 Å². The lowest BCUT2D eigenvalue weighted by Gasteiger charge is -2.16. The molecule has 0 aromatic heterocycles. The van der Waals surface area contributed by atoms with E-state index in [1.165, 1.54) is 0 Å². The normalized spacial score (nSPS) is 12.5. The fourth-order valence-corrected chi connectivity index (χ4v) is 0.886. The van der Waals surface area contributed by atoms with E-state index in [1.807, 2.05) is 0 Å². The van der Waals surface area contributed by atoms with Gasteiger partial charge in [-0.3, -0.25) is 14.9 Å². The molecule has 0 aromatic carbocycles. The number of Topliss-reactive ketones (excluding diaryl/α,β-unsaturated/α-hetero) is 1. The highest BCUT2D eigenvalue weighted by Gasteiger charge is 2.22. The van der Waals surface area contributed by atoms with E-state index in [9.17, 15) is 14.4 Å². The van der Waals surface area contributed by atoms with E-state index < -0.39 is 30.3 Å². The Balaban J connectivity index is 4.14. The van der Waals surface area contributed by atoms with E-state index >= 15 is 0 Å². The molecule has 0 saturated heterocycles. The van der Waals surface area contributed by atoms with Crippen LogP contribution in [-0.2, 0) is 14.4 Å². The standard InChI is InChI=1S/C8H13NO5/c1-4(2)6(8(13)14)9-3-5(10)7(11)12/h4,6,9H,3H2,1-2H3,(H,11,12)(H,13,14)/t6-/m0/s1. The number of carbonyl (C=O) groups is 3. The maximum absolute atomic E-state index is 10.6. The maximum atomic E-state index is 10.6. The minimum absolute atomic E-state index is 0.214. The average Bonchev–Trinajstić information content (AvgIpc) is 2.02. The molecule has 0 rings (SSSR count). The summed E-state index contributed by atoms with van der Waals surface area (Å²) in [6, 6.07) is -0.904. The summed E-state index contributed by atoms with van der Waals surface area (Å²) in [6.07, 6.45) is 0. The number of hydrogen-bond acceptors (Lipinski definition) is 4. The first kappa shape index (κ1) is 12.6. The average molecular weight is 203 g/mol. The monoisotopic (exact) mass is 203 g/mol. The van der Waals surface area contributed by atoms with Crippen molar-refractivity contribution >= 4 is 17.7 Å². The van der Waals surface area contributed by atoms with E-state index in [2.05, 4.69) is 5.32 Å². The predicted molar refractivity (Wildman–Crippen MR) is 46.9 cm³/mol. The van der Waals surface area contributed by atoms with Crippen molar-refractivity contribution < 1.29 is 24.6 Å². The van der Waals surface area contributed by atoms with E-state index in [4.69, 9.17) is 10.2 Å². The van der Waals surface area contributed by atoms with E-state index in [-0.39, 0.29) is 5.92 Å². The van der Waals surface area contributed by atoms with Crippen molar-refractivity contribution in [1.82, 2.24) is 5.32 Å². The Morgan fingerprint density at radius 2 is 1.71 bits per heavy atom. The SMILES string of the molecule is CC(C)[C@H](NCC(=O)C(=O)O)C(=O)O. The first-order chi connectivity index (χ1) is 6.36. The largest absolute Gasteiger partial charge is 0.480 e. The van der Waals surface area contributed by atoms with Gasteiger partial charge in [-0.1, -0.05) is 13.8 Å². The topological polar surface area (TPSA) is 104 Å². The molecule has 0 unspecified atom stereocenters. The van der Waals surface area contributed by atoms with Crippen molar-refractivity contribution in [3.63, 3.8) is 0 Å². The molecule has 14 heavy (non-hydrogen) atoms. The van der Waals surface area contributed by atoms with Crippen LogP contribution in [0.25, 0.3) is 0 Å². The fourth-order valence-electron chi connectivity index (χ4n) is 0.886. The van der Waals surface area contributed by atoms with Crippen molar-refractivity contribution in [2.45, 2.75) is 19.9 Å². The van der Waals surface area contributed by atoms with Gasteiger partial charge < -0.3 is 10.2 Å². The molecule has 0 aliphatic rings. The minimum atomic E-state index is -1.56. The Morgan fingerprint density at radius 3 is 2.00 bits per heavy atom. The van der Waals surface area contributed by atoms with Crippen LogP contribution >= 0.6 is 0 Å². The third-order valence-electron chi connectivity index (χ3n) is 1.65. The molecule has 0 amide bonds. The van der Waals surface area contributed by atoms with Crippen molar-refractivity contribution in [2.75, 3.05) is 6.54 Å². The van der Waals surface area contributed by atoms with E-state index in [0.29, 0.717) is 0 Å². The molecule has 80 valence electrons. The van der Waals surface area contributed by atoms with Gasteiger partial charge in [0, 0.05) is 0 Å². The summed E-state index contributed by atoms with van der Waals surface area (Å²) in [5, 5.41) is 19.3. The molecule has 0 heterocycles. The third kappa shape index (κ3) is 3.99. The predicted octanol–water partition coefficient (Wildman–Crippen LogP) is -0.661. The number of aliphatic carboxylic acids is 2. The molecule has 0 fully saturated rings. The van der Waals surface area contributed by atoms with Crippen molar-refractivity contribution in [1.29, 1.82) is 0 Å². The van der Waals surface area contributed by atoms with Crippen LogP contribution in [0.1, 0.15) is 13.8 Å². The van der Waals surface area contributed by atoms with Gasteiger partial charge in [-0.05, 0) is 5.92 Å². The smallest absolute Gasteiger partial charge is 0.373 e. The second kappa shape index (κ2) is 5.33. The number of carboxylic acids is 2. The summed E-state index contributed by atoms with van der Waals surface area (Å²) in [6.45, 7) is 2.86. The molecule has 1 atom stereocenters. The summed E-state index contributed by atoms with van der Waals surface area (Å²) >= 11 is 0.